The molecule has 82 valence electrons. The van der Waals surface area contributed by atoms with Crippen LogP contribution in [0, 0.1) is 0 Å². The molecule has 4 nitrogen and oxygen atoms in total. The summed E-state index contributed by atoms with van der Waals surface area (Å²) in [5.74, 6) is 0.0409. The fourth-order valence-corrected chi connectivity index (χ4v) is 2.18. The average molecular weight is 208 g/mol. The van der Waals surface area contributed by atoms with Crippen LogP contribution in [-0.2, 0) is 9.59 Å². The van der Waals surface area contributed by atoms with E-state index < -0.39 is 0 Å². The summed E-state index contributed by atoms with van der Waals surface area (Å²) >= 11 is 0. The van der Waals surface area contributed by atoms with Crippen molar-refractivity contribution >= 4 is 11.8 Å². The predicted octanol–water partition coefficient (Wildman–Crippen LogP) is 0.442. The lowest BCUT2D eigenvalue weighted by Crippen LogP contribution is -2.60. The van der Waals surface area contributed by atoms with Gasteiger partial charge in [-0.3, -0.25) is 9.59 Å². The molecule has 1 heterocycles. The number of hydrogen-bond acceptors (Lipinski definition) is 2. The second-order valence-electron chi connectivity index (χ2n) is 4.09. The van der Waals surface area contributed by atoms with Gasteiger partial charge < -0.3 is 10.2 Å². The van der Waals surface area contributed by atoms with Crippen LogP contribution in [0.15, 0.2) is 12.2 Å². The zero-order chi connectivity index (χ0) is 10.8. The molecule has 4 heteroatoms. The lowest BCUT2D eigenvalue weighted by atomic mass is 10.1. The first-order chi connectivity index (χ1) is 7.22. The summed E-state index contributed by atoms with van der Waals surface area (Å²) in [6, 6.07) is -0.107. The van der Waals surface area contributed by atoms with Crippen molar-refractivity contribution in [1.82, 2.24) is 10.2 Å². The van der Waals surface area contributed by atoms with Crippen molar-refractivity contribution in [2.24, 2.45) is 0 Å². The number of hydrogen-bond donors (Lipinski definition) is 1. The highest BCUT2D eigenvalue weighted by atomic mass is 16.2. The molecular weight excluding hydrogens is 192 g/mol. The van der Waals surface area contributed by atoms with Gasteiger partial charge in [-0.25, -0.2) is 0 Å². The summed E-state index contributed by atoms with van der Waals surface area (Å²) in [6.07, 6.45) is 6.59. The van der Waals surface area contributed by atoms with Gasteiger partial charge in [-0.1, -0.05) is 19.1 Å². The van der Waals surface area contributed by atoms with E-state index in [1.807, 2.05) is 6.92 Å². The smallest absolute Gasteiger partial charge is 0.245 e. The fraction of sp³-hybridized carbons (Fsp3) is 0.636. The lowest BCUT2D eigenvalue weighted by Gasteiger charge is -2.36. The molecule has 0 aromatic carbocycles. The molecule has 0 aromatic rings. The van der Waals surface area contributed by atoms with E-state index in [9.17, 15) is 9.59 Å². The molecule has 2 rings (SSSR count). The number of nitrogens with one attached hydrogen (secondary N) is 1. The number of carbonyl (C=O) groups is 2. The van der Waals surface area contributed by atoms with Crippen molar-refractivity contribution in [1.29, 1.82) is 0 Å². The van der Waals surface area contributed by atoms with Crippen LogP contribution in [0.4, 0.5) is 0 Å². The zero-order valence-corrected chi connectivity index (χ0v) is 8.90. The third-order valence-corrected chi connectivity index (χ3v) is 3.06. The van der Waals surface area contributed by atoms with Gasteiger partial charge in [-0.15, -0.1) is 0 Å². The first-order valence-electron chi connectivity index (χ1n) is 5.47. The van der Waals surface area contributed by atoms with Crippen LogP contribution in [0.5, 0.6) is 0 Å². The highest BCUT2D eigenvalue weighted by molar-refractivity contribution is 5.95. The van der Waals surface area contributed by atoms with Gasteiger partial charge in [-0.05, 0) is 19.3 Å². The molecule has 1 saturated heterocycles. The lowest BCUT2D eigenvalue weighted by molar-refractivity contribution is -0.146. The molecule has 2 aliphatic rings. The molecular formula is C11H16N2O2. The van der Waals surface area contributed by atoms with E-state index >= 15 is 0 Å². The molecule has 2 amide bonds. The Morgan fingerprint density at radius 1 is 1.40 bits per heavy atom. The first kappa shape index (κ1) is 10.2. The largest absolute Gasteiger partial charge is 0.343 e. The second kappa shape index (κ2) is 4.04. The number of nitrogens with zero attached hydrogens (tertiary/aromatic N) is 1. The Morgan fingerprint density at radius 2 is 2.07 bits per heavy atom. The molecule has 1 N–H and O–H groups in total. The Hall–Kier alpha value is -1.32. The van der Waals surface area contributed by atoms with Crippen LogP contribution in [0.2, 0.25) is 0 Å². The van der Waals surface area contributed by atoms with Crippen LogP contribution in [0.25, 0.3) is 0 Å². The second-order valence-corrected chi connectivity index (χ2v) is 4.09. The minimum Gasteiger partial charge on any atom is -0.343 e. The summed E-state index contributed by atoms with van der Waals surface area (Å²) in [5.41, 5.74) is 0. The van der Waals surface area contributed by atoms with Crippen molar-refractivity contribution in [3.63, 3.8) is 0 Å². The van der Waals surface area contributed by atoms with Crippen LogP contribution in [0.1, 0.15) is 26.2 Å². The third-order valence-electron chi connectivity index (χ3n) is 3.06. The highest BCUT2D eigenvalue weighted by Crippen LogP contribution is 2.20. The summed E-state index contributed by atoms with van der Waals surface area (Å²) in [6.45, 7) is 2.14. The van der Waals surface area contributed by atoms with Gasteiger partial charge in [0.15, 0.2) is 0 Å². The minimum absolute atomic E-state index is 0.0339. The third kappa shape index (κ3) is 1.89. The van der Waals surface area contributed by atoms with Gasteiger partial charge in [0.05, 0.1) is 6.54 Å². The van der Waals surface area contributed by atoms with Gasteiger partial charge in [0.2, 0.25) is 11.8 Å². The van der Waals surface area contributed by atoms with Crippen molar-refractivity contribution in [3.8, 4) is 0 Å². The Morgan fingerprint density at radius 3 is 2.67 bits per heavy atom. The van der Waals surface area contributed by atoms with Crippen molar-refractivity contribution in [3.05, 3.63) is 12.2 Å². The van der Waals surface area contributed by atoms with E-state index in [1.54, 1.807) is 4.90 Å². The van der Waals surface area contributed by atoms with E-state index in [1.165, 1.54) is 0 Å². The summed E-state index contributed by atoms with van der Waals surface area (Å²) in [7, 11) is 0. The standard InChI is InChI=1S/C11H16N2O2/c1-2-9-11(15)13(7-10(14)12-9)8-5-3-4-6-8/h3-4,8-9H,2,5-7H2,1H3,(H,12,14). The molecule has 1 aliphatic heterocycles. The monoisotopic (exact) mass is 208 g/mol. The number of amides is 2. The normalized spacial score (nSPS) is 27.3. The SMILES string of the molecule is CCC1NC(=O)CN(C2CC=CC2)C1=O. The quantitative estimate of drug-likeness (QED) is 0.669. The van der Waals surface area contributed by atoms with Crippen LogP contribution in [-0.4, -0.2) is 35.3 Å². The Bertz CT molecular complexity index is 304. The Kier molecular flexibility index (Phi) is 2.75. The van der Waals surface area contributed by atoms with E-state index in [0.717, 1.165) is 12.8 Å². The Labute approximate surface area is 89.3 Å². The molecule has 1 unspecified atom stereocenters. The maximum atomic E-state index is 12.0. The topological polar surface area (TPSA) is 49.4 Å². The molecule has 0 saturated carbocycles. The maximum Gasteiger partial charge on any atom is 0.245 e. The number of carbonyl (C=O) groups excluding carboxylic acids is 2. The van der Waals surface area contributed by atoms with Gasteiger partial charge in [0, 0.05) is 6.04 Å². The predicted molar refractivity (Wildman–Crippen MR) is 56.1 cm³/mol. The van der Waals surface area contributed by atoms with E-state index in [4.69, 9.17) is 0 Å². The van der Waals surface area contributed by atoms with E-state index in [-0.39, 0.29) is 30.4 Å². The molecule has 0 spiro atoms. The summed E-state index contributed by atoms with van der Waals surface area (Å²) in [5, 5.41) is 2.72. The Balaban J connectivity index is 2.09. The van der Waals surface area contributed by atoms with E-state index in [2.05, 4.69) is 17.5 Å². The summed E-state index contributed by atoms with van der Waals surface area (Å²) in [4.78, 5) is 25.1. The molecule has 1 aliphatic carbocycles. The molecule has 0 radical (unpaired) electrons. The van der Waals surface area contributed by atoms with Gasteiger partial charge in [0.1, 0.15) is 6.04 Å². The zero-order valence-electron chi connectivity index (χ0n) is 8.90. The van der Waals surface area contributed by atoms with Crippen LogP contribution >= 0.6 is 0 Å². The average Bonchev–Trinajstić information content (AvgIpc) is 2.74. The highest BCUT2D eigenvalue weighted by Gasteiger charge is 2.35. The van der Waals surface area contributed by atoms with Crippen molar-refractivity contribution < 1.29 is 9.59 Å². The summed E-state index contributed by atoms with van der Waals surface area (Å²) < 4.78 is 0. The van der Waals surface area contributed by atoms with Gasteiger partial charge in [0.25, 0.3) is 0 Å². The van der Waals surface area contributed by atoms with Crippen LogP contribution in [0.3, 0.4) is 0 Å². The molecule has 1 atom stereocenters. The maximum absolute atomic E-state index is 12.0. The molecule has 1 fully saturated rings. The number of piperazine rings is 1. The first-order valence-corrected chi connectivity index (χ1v) is 5.47. The van der Waals surface area contributed by atoms with Crippen LogP contribution < -0.4 is 5.32 Å². The van der Waals surface area contributed by atoms with Crippen molar-refractivity contribution in [2.45, 2.75) is 38.3 Å². The molecule has 0 aromatic heterocycles. The van der Waals surface area contributed by atoms with E-state index in [0.29, 0.717) is 6.42 Å². The van der Waals surface area contributed by atoms with Gasteiger partial charge >= 0.3 is 0 Å². The minimum atomic E-state index is -0.313. The molecule has 15 heavy (non-hydrogen) atoms. The fourth-order valence-electron chi connectivity index (χ4n) is 2.18. The van der Waals surface area contributed by atoms with Crippen molar-refractivity contribution in [2.75, 3.05) is 6.54 Å². The van der Waals surface area contributed by atoms with Gasteiger partial charge in [-0.2, -0.15) is 0 Å². The number of rotatable bonds is 2. The molecule has 0 bridgehead atoms.